The highest BCUT2D eigenvalue weighted by Gasteiger charge is 2.15. The summed E-state index contributed by atoms with van der Waals surface area (Å²) in [5.74, 6) is 0.144. The molecular weight excluding hydrogens is 468 g/mol. The van der Waals surface area contributed by atoms with E-state index in [9.17, 15) is 9.59 Å². The van der Waals surface area contributed by atoms with Gasteiger partial charge in [-0.3, -0.25) is 4.79 Å². The van der Waals surface area contributed by atoms with Crippen LogP contribution in [0.3, 0.4) is 0 Å². The van der Waals surface area contributed by atoms with E-state index in [1.165, 1.54) is 18.9 Å². The summed E-state index contributed by atoms with van der Waals surface area (Å²) in [4.78, 5) is 24.5. The van der Waals surface area contributed by atoms with Gasteiger partial charge < -0.3 is 14.2 Å². The van der Waals surface area contributed by atoms with Gasteiger partial charge in [0.25, 0.3) is 5.91 Å². The molecule has 0 aromatic heterocycles. The molecule has 182 valence electrons. The highest BCUT2D eigenvalue weighted by atomic mass is 35.5. The third kappa shape index (κ3) is 7.32. The van der Waals surface area contributed by atoms with Crippen LogP contribution in [0.2, 0.25) is 5.02 Å². The molecule has 3 aromatic rings. The number of ether oxygens (including phenoxy) is 3. The Labute approximate surface area is 209 Å². The zero-order valence-corrected chi connectivity index (χ0v) is 20.8. The molecule has 0 aliphatic heterocycles. The Kier molecular flexibility index (Phi) is 8.49. The van der Waals surface area contributed by atoms with Crippen LogP contribution >= 0.6 is 11.6 Å². The molecule has 7 nitrogen and oxygen atoms in total. The number of esters is 1. The molecule has 0 fully saturated rings. The standard InChI is InChI=1S/C27H27ClN2O5/c1-27(2,3)19-10-12-20(13-11-19)34-17-25(31)30-29-16-18-9-14-23(24(15-18)33-4)35-26(32)21-7-5-6-8-22(21)28/h5-16H,17H2,1-4H3,(H,30,31)/b29-16+. The zero-order chi connectivity index (χ0) is 25.4. The van der Waals surface area contributed by atoms with E-state index in [1.807, 2.05) is 24.3 Å². The SMILES string of the molecule is COc1cc(/C=N/NC(=O)COc2ccc(C(C)(C)C)cc2)ccc1OC(=O)c1ccccc1Cl. The minimum absolute atomic E-state index is 0.0444. The first-order chi connectivity index (χ1) is 16.7. The van der Waals surface area contributed by atoms with Gasteiger partial charge >= 0.3 is 5.97 Å². The van der Waals surface area contributed by atoms with E-state index in [4.69, 9.17) is 25.8 Å². The Morgan fingerprint density at radius 2 is 1.71 bits per heavy atom. The lowest BCUT2D eigenvalue weighted by Crippen LogP contribution is -2.24. The average molecular weight is 495 g/mol. The van der Waals surface area contributed by atoms with Crippen LogP contribution in [-0.4, -0.2) is 31.8 Å². The number of carbonyl (C=O) groups is 2. The number of hydrogen-bond donors (Lipinski definition) is 1. The number of nitrogens with zero attached hydrogens (tertiary/aromatic N) is 1. The van der Waals surface area contributed by atoms with Gasteiger partial charge in [-0.15, -0.1) is 0 Å². The predicted molar refractivity (Wildman–Crippen MR) is 136 cm³/mol. The Bertz CT molecular complexity index is 1220. The summed E-state index contributed by atoms with van der Waals surface area (Å²) < 4.78 is 16.2. The van der Waals surface area contributed by atoms with E-state index in [0.717, 1.165) is 0 Å². The molecule has 0 atom stereocenters. The van der Waals surface area contributed by atoms with Gasteiger partial charge in [-0.1, -0.05) is 56.6 Å². The fraction of sp³-hybridized carbons (Fsp3) is 0.222. The highest BCUT2D eigenvalue weighted by molar-refractivity contribution is 6.33. The third-order valence-electron chi connectivity index (χ3n) is 4.98. The van der Waals surface area contributed by atoms with Crippen molar-refractivity contribution in [3.8, 4) is 17.2 Å². The summed E-state index contributed by atoms with van der Waals surface area (Å²) in [6.07, 6.45) is 1.44. The van der Waals surface area contributed by atoms with Crippen molar-refractivity contribution in [1.82, 2.24) is 5.43 Å². The molecule has 0 saturated carbocycles. The van der Waals surface area contributed by atoms with Crippen molar-refractivity contribution < 1.29 is 23.8 Å². The van der Waals surface area contributed by atoms with Gasteiger partial charge in [0.2, 0.25) is 0 Å². The first-order valence-corrected chi connectivity index (χ1v) is 11.2. The Balaban J connectivity index is 1.54. The largest absolute Gasteiger partial charge is 0.493 e. The molecule has 0 bridgehead atoms. The first-order valence-electron chi connectivity index (χ1n) is 10.9. The lowest BCUT2D eigenvalue weighted by Gasteiger charge is -2.19. The molecule has 0 saturated heterocycles. The van der Waals surface area contributed by atoms with Crippen LogP contribution in [0.1, 0.15) is 42.3 Å². The van der Waals surface area contributed by atoms with Gasteiger partial charge in [-0.05, 0) is 59.0 Å². The monoisotopic (exact) mass is 494 g/mol. The number of carbonyl (C=O) groups excluding carboxylic acids is 2. The molecule has 0 radical (unpaired) electrons. The summed E-state index contributed by atoms with van der Waals surface area (Å²) in [5, 5.41) is 4.23. The van der Waals surface area contributed by atoms with Crippen molar-refractivity contribution in [2.75, 3.05) is 13.7 Å². The zero-order valence-electron chi connectivity index (χ0n) is 20.0. The molecule has 3 rings (SSSR count). The minimum atomic E-state index is -0.601. The smallest absolute Gasteiger partial charge is 0.345 e. The van der Waals surface area contributed by atoms with Crippen LogP contribution in [-0.2, 0) is 10.2 Å². The van der Waals surface area contributed by atoms with Crippen molar-refractivity contribution in [2.45, 2.75) is 26.2 Å². The molecule has 0 aliphatic carbocycles. The molecule has 1 N–H and O–H groups in total. The average Bonchev–Trinajstić information content (AvgIpc) is 2.83. The van der Waals surface area contributed by atoms with Crippen molar-refractivity contribution >= 4 is 29.7 Å². The minimum Gasteiger partial charge on any atom is -0.493 e. The van der Waals surface area contributed by atoms with Gasteiger partial charge in [-0.2, -0.15) is 5.10 Å². The maximum Gasteiger partial charge on any atom is 0.345 e. The lowest BCUT2D eigenvalue weighted by molar-refractivity contribution is -0.123. The number of rotatable bonds is 8. The number of hydrazone groups is 1. The number of halogens is 1. The van der Waals surface area contributed by atoms with Gasteiger partial charge in [0.15, 0.2) is 18.1 Å². The van der Waals surface area contributed by atoms with E-state index in [-0.39, 0.29) is 23.3 Å². The summed E-state index contributed by atoms with van der Waals surface area (Å²) in [5.41, 5.74) is 4.51. The predicted octanol–water partition coefficient (Wildman–Crippen LogP) is 5.39. The Morgan fingerprint density at radius 3 is 2.37 bits per heavy atom. The summed E-state index contributed by atoms with van der Waals surface area (Å²) >= 11 is 6.05. The van der Waals surface area contributed by atoms with Crippen LogP contribution in [0, 0.1) is 0 Å². The molecule has 0 heterocycles. The maximum atomic E-state index is 12.4. The number of nitrogens with one attached hydrogen (secondary N) is 1. The quantitative estimate of drug-likeness (QED) is 0.196. The summed E-state index contributed by atoms with van der Waals surface area (Å²) in [6.45, 7) is 6.21. The molecule has 35 heavy (non-hydrogen) atoms. The highest BCUT2D eigenvalue weighted by Crippen LogP contribution is 2.29. The summed E-state index contributed by atoms with van der Waals surface area (Å²) in [7, 11) is 1.45. The van der Waals surface area contributed by atoms with Gasteiger partial charge in [-0.25, -0.2) is 10.2 Å². The maximum absolute atomic E-state index is 12.4. The van der Waals surface area contributed by atoms with Crippen molar-refractivity contribution in [2.24, 2.45) is 5.10 Å². The van der Waals surface area contributed by atoms with Crippen molar-refractivity contribution in [1.29, 1.82) is 0 Å². The number of amides is 1. The van der Waals surface area contributed by atoms with Crippen molar-refractivity contribution in [3.63, 3.8) is 0 Å². The second-order valence-electron chi connectivity index (χ2n) is 8.64. The summed E-state index contributed by atoms with van der Waals surface area (Å²) in [6, 6.07) is 19.1. The van der Waals surface area contributed by atoms with Crippen LogP contribution in [0.4, 0.5) is 0 Å². The lowest BCUT2D eigenvalue weighted by atomic mass is 9.87. The first kappa shape index (κ1) is 25.8. The topological polar surface area (TPSA) is 86.2 Å². The van der Waals surface area contributed by atoms with E-state index in [0.29, 0.717) is 22.1 Å². The molecule has 0 aliphatic rings. The van der Waals surface area contributed by atoms with Crippen LogP contribution in [0.25, 0.3) is 0 Å². The molecule has 0 spiro atoms. The van der Waals surface area contributed by atoms with Gasteiger partial charge in [0.05, 0.1) is 23.9 Å². The molecule has 0 unspecified atom stereocenters. The van der Waals surface area contributed by atoms with Gasteiger partial charge in [0.1, 0.15) is 5.75 Å². The molecule has 8 heteroatoms. The second kappa shape index (κ2) is 11.5. The molecule has 1 amide bonds. The van der Waals surface area contributed by atoms with Crippen molar-refractivity contribution in [3.05, 3.63) is 88.4 Å². The van der Waals surface area contributed by atoms with E-state index in [1.54, 1.807) is 42.5 Å². The number of methoxy groups -OCH3 is 1. The normalized spacial score (nSPS) is 11.2. The Hall–Kier alpha value is -3.84. The fourth-order valence-electron chi connectivity index (χ4n) is 3.04. The Morgan fingerprint density at radius 1 is 1.00 bits per heavy atom. The fourth-order valence-corrected chi connectivity index (χ4v) is 3.25. The number of benzene rings is 3. The van der Waals surface area contributed by atoms with E-state index < -0.39 is 11.9 Å². The second-order valence-corrected chi connectivity index (χ2v) is 9.04. The molecular formula is C27H27ClN2O5. The van der Waals surface area contributed by atoms with E-state index >= 15 is 0 Å². The number of hydrogen-bond acceptors (Lipinski definition) is 6. The molecule has 3 aromatic carbocycles. The van der Waals surface area contributed by atoms with Crippen LogP contribution < -0.4 is 19.6 Å². The third-order valence-corrected chi connectivity index (χ3v) is 5.31. The van der Waals surface area contributed by atoms with Gasteiger partial charge in [0, 0.05) is 0 Å². The van der Waals surface area contributed by atoms with E-state index in [2.05, 4.69) is 31.3 Å². The van der Waals surface area contributed by atoms with Crippen LogP contribution in [0.5, 0.6) is 17.2 Å². The van der Waals surface area contributed by atoms with Crippen LogP contribution in [0.15, 0.2) is 71.8 Å².